The van der Waals surface area contributed by atoms with Crippen molar-refractivity contribution in [3.8, 4) is 0 Å². The molecule has 3 aromatic rings. The van der Waals surface area contributed by atoms with E-state index in [0.717, 1.165) is 39.6 Å². The van der Waals surface area contributed by atoms with Gasteiger partial charge >= 0.3 is 0 Å². The number of thiophene rings is 1. The predicted octanol–water partition coefficient (Wildman–Crippen LogP) is 4.86. The van der Waals surface area contributed by atoms with Crippen molar-refractivity contribution in [3.63, 3.8) is 0 Å². The molecule has 0 unspecified atom stereocenters. The molecule has 0 saturated carbocycles. The Kier molecular flexibility index (Phi) is 5.64. The molecule has 152 valence electrons. The largest absolute Gasteiger partial charge is 0.370 e. The first-order valence-corrected chi connectivity index (χ1v) is 11.6. The average molecular weight is 428 g/mol. The van der Waals surface area contributed by atoms with Gasteiger partial charge in [0.05, 0.1) is 18.0 Å². The van der Waals surface area contributed by atoms with E-state index >= 15 is 0 Å². The highest BCUT2D eigenvalue weighted by atomic mass is 32.2. The summed E-state index contributed by atoms with van der Waals surface area (Å²) in [4.78, 5) is 26.3. The van der Waals surface area contributed by atoms with E-state index in [1.807, 2.05) is 37.4 Å². The van der Waals surface area contributed by atoms with E-state index in [1.165, 1.54) is 22.2 Å². The van der Waals surface area contributed by atoms with Gasteiger partial charge in [-0.25, -0.2) is 9.97 Å². The van der Waals surface area contributed by atoms with Gasteiger partial charge in [-0.05, 0) is 31.5 Å². The summed E-state index contributed by atoms with van der Waals surface area (Å²) in [5.74, 6) is 1.21. The summed E-state index contributed by atoms with van der Waals surface area (Å²) in [6.07, 6.45) is 1.61. The number of ether oxygens (including phenoxy) is 1. The van der Waals surface area contributed by atoms with E-state index in [2.05, 4.69) is 20.8 Å². The van der Waals surface area contributed by atoms with Gasteiger partial charge in [0, 0.05) is 35.8 Å². The number of carbonyl (C=O) groups is 1. The molecule has 2 aromatic heterocycles. The summed E-state index contributed by atoms with van der Waals surface area (Å²) in [5, 5.41) is 2.02. The van der Waals surface area contributed by atoms with Gasteiger partial charge in [-0.15, -0.1) is 11.3 Å². The lowest BCUT2D eigenvalue weighted by Crippen LogP contribution is -2.31. The van der Waals surface area contributed by atoms with Crippen LogP contribution < -0.4 is 4.90 Å². The van der Waals surface area contributed by atoms with Crippen molar-refractivity contribution in [1.82, 2.24) is 9.97 Å². The summed E-state index contributed by atoms with van der Waals surface area (Å²) in [6.45, 7) is 6.91. The van der Waals surface area contributed by atoms with Crippen LogP contribution in [0.2, 0.25) is 0 Å². The number of fused-ring (bicyclic) bond motifs is 3. The number of thioether (sulfide) groups is 1. The summed E-state index contributed by atoms with van der Waals surface area (Å²) in [6, 6.07) is 9.71. The molecule has 0 atom stereocenters. The molecule has 0 radical (unpaired) electrons. The van der Waals surface area contributed by atoms with Crippen LogP contribution in [0.15, 0.2) is 35.4 Å². The summed E-state index contributed by atoms with van der Waals surface area (Å²) >= 11 is 3.21. The Labute approximate surface area is 179 Å². The number of anilines is 1. The van der Waals surface area contributed by atoms with Crippen LogP contribution in [0.25, 0.3) is 10.2 Å². The second kappa shape index (κ2) is 8.05. The summed E-state index contributed by atoms with van der Waals surface area (Å²) < 4.78 is 5.99. The van der Waals surface area contributed by atoms with Gasteiger partial charge in [-0.2, -0.15) is 0 Å². The van der Waals surface area contributed by atoms with Crippen LogP contribution in [0.4, 0.5) is 5.69 Å². The van der Waals surface area contributed by atoms with Gasteiger partial charge in [0.15, 0.2) is 0 Å². The molecular weight excluding hydrogens is 402 g/mol. The fourth-order valence-electron chi connectivity index (χ4n) is 3.44. The van der Waals surface area contributed by atoms with Crippen molar-refractivity contribution in [1.29, 1.82) is 0 Å². The first-order chi connectivity index (χ1) is 13.9. The highest BCUT2D eigenvalue weighted by molar-refractivity contribution is 8.00. The molecule has 5 nitrogen and oxygen atoms in total. The predicted molar refractivity (Wildman–Crippen MR) is 120 cm³/mol. The molecule has 4 rings (SSSR count). The van der Waals surface area contributed by atoms with Gasteiger partial charge in [-0.1, -0.05) is 36.9 Å². The fraction of sp³-hybridized carbons (Fsp3) is 0.409. The highest BCUT2D eigenvalue weighted by Crippen LogP contribution is 2.41. The lowest BCUT2D eigenvalue weighted by Gasteiger charge is -2.30. The third-order valence-electron chi connectivity index (χ3n) is 5.11. The van der Waals surface area contributed by atoms with Crippen LogP contribution in [0.5, 0.6) is 0 Å². The fourth-order valence-corrected chi connectivity index (χ4v) is 5.61. The zero-order chi connectivity index (χ0) is 20.6. The molecule has 0 fully saturated rings. The Hall–Kier alpha value is -1.96. The van der Waals surface area contributed by atoms with Crippen LogP contribution >= 0.6 is 23.1 Å². The van der Waals surface area contributed by atoms with Crippen LogP contribution in [0.1, 0.15) is 37.0 Å². The Bertz CT molecular complexity index is 1050. The minimum atomic E-state index is -0.199. The molecule has 1 aliphatic heterocycles. The molecule has 7 heteroatoms. The topological polar surface area (TPSA) is 55.3 Å². The third kappa shape index (κ3) is 4.17. The normalized spacial score (nSPS) is 15.3. The summed E-state index contributed by atoms with van der Waals surface area (Å²) in [5.41, 5.74) is 1.98. The van der Waals surface area contributed by atoms with Crippen molar-refractivity contribution in [2.45, 2.75) is 50.8 Å². The number of para-hydroxylation sites is 1. The van der Waals surface area contributed by atoms with E-state index in [4.69, 9.17) is 14.7 Å². The van der Waals surface area contributed by atoms with Gasteiger partial charge in [-0.3, -0.25) is 4.79 Å². The number of hydrogen-bond acceptors (Lipinski definition) is 6. The van der Waals surface area contributed by atoms with E-state index in [-0.39, 0.29) is 11.5 Å². The molecule has 0 bridgehead atoms. The maximum absolute atomic E-state index is 12.8. The number of rotatable bonds is 5. The molecule has 1 aliphatic rings. The first kappa shape index (κ1) is 20.3. The van der Waals surface area contributed by atoms with Crippen LogP contribution in [-0.2, 0) is 29.0 Å². The van der Waals surface area contributed by atoms with Crippen molar-refractivity contribution in [3.05, 3.63) is 46.6 Å². The molecule has 29 heavy (non-hydrogen) atoms. The molecular formula is C22H25N3O2S2. The number of benzene rings is 1. The summed E-state index contributed by atoms with van der Waals surface area (Å²) in [7, 11) is 1.82. The van der Waals surface area contributed by atoms with E-state index in [9.17, 15) is 4.79 Å². The van der Waals surface area contributed by atoms with Crippen LogP contribution in [0.3, 0.4) is 0 Å². The second-order valence-electron chi connectivity index (χ2n) is 7.78. The Morgan fingerprint density at radius 3 is 2.76 bits per heavy atom. The van der Waals surface area contributed by atoms with Crippen LogP contribution in [-0.4, -0.2) is 34.3 Å². The molecule has 0 aliphatic carbocycles. The van der Waals surface area contributed by atoms with Crippen molar-refractivity contribution < 1.29 is 9.53 Å². The SMILES string of the molecule is CCc1nc(SCC(=O)N(C)c2ccccc2)c2c3c(sc2n1)COC(C)(C)C3. The minimum Gasteiger partial charge on any atom is -0.370 e. The zero-order valence-electron chi connectivity index (χ0n) is 17.2. The third-order valence-corrected chi connectivity index (χ3v) is 7.17. The maximum atomic E-state index is 12.8. The number of aromatic nitrogens is 2. The lowest BCUT2D eigenvalue weighted by atomic mass is 9.95. The van der Waals surface area contributed by atoms with Crippen LogP contribution in [0, 0.1) is 0 Å². The number of carbonyl (C=O) groups excluding carboxylic acids is 1. The van der Waals surface area contributed by atoms with Gasteiger partial charge in [0.1, 0.15) is 15.7 Å². The van der Waals surface area contributed by atoms with E-state index in [1.54, 1.807) is 16.2 Å². The number of aryl methyl sites for hydroxylation is 1. The smallest absolute Gasteiger partial charge is 0.237 e. The van der Waals surface area contributed by atoms with E-state index in [0.29, 0.717) is 12.4 Å². The molecule has 3 heterocycles. The molecule has 0 saturated heterocycles. The lowest BCUT2D eigenvalue weighted by molar-refractivity contribution is -0.115. The van der Waals surface area contributed by atoms with Crippen molar-refractivity contribution >= 4 is 44.9 Å². The number of amides is 1. The maximum Gasteiger partial charge on any atom is 0.237 e. The van der Waals surface area contributed by atoms with E-state index < -0.39 is 0 Å². The molecule has 0 N–H and O–H groups in total. The molecule has 1 amide bonds. The van der Waals surface area contributed by atoms with Crippen molar-refractivity contribution in [2.75, 3.05) is 17.7 Å². The number of nitrogens with zero attached hydrogens (tertiary/aromatic N) is 3. The first-order valence-electron chi connectivity index (χ1n) is 9.77. The highest BCUT2D eigenvalue weighted by Gasteiger charge is 2.31. The monoisotopic (exact) mass is 427 g/mol. The standard InChI is InChI=1S/C22H25N3O2S2/c1-5-17-23-20(28-13-18(26)25(4)14-9-7-6-8-10-14)19-15-11-22(2,3)27-12-16(15)29-21(19)24-17/h6-10H,5,11-13H2,1-4H3. The Morgan fingerprint density at radius 1 is 1.28 bits per heavy atom. The van der Waals surface area contributed by atoms with Gasteiger partial charge in [0.25, 0.3) is 0 Å². The number of hydrogen-bond donors (Lipinski definition) is 0. The second-order valence-corrected chi connectivity index (χ2v) is 9.83. The zero-order valence-corrected chi connectivity index (χ0v) is 18.8. The van der Waals surface area contributed by atoms with Crippen molar-refractivity contribution in [2.24, 2.45) is 0 Å². The Balaban J connectivity index is 1.64. The quantitative estimate of drug-likeness (QED) is 0.430. The van der Waals surface area contributed by atoms with Gasteiger partial charge in [0.2, 0.25) is 5.91 Å². The van der Waals surface area contributed by atoms with Gasteiger partial charge < -0.3 is 9.64 Å². The molecule has 1 aromatic carbocycles. The molecule has 0 spiro atoms. The average Bonchev–Trinajstić information content (AvgIpc) is 3.08. The Morgan fingerprint density at radius 2 is 2.03 bits per heavy atom. The minimum absolute atomic E-state index is 0.0544.